The number of carbonyl (C=O) groups is 3. The summed E-state index contributed by atoms with van der Waals surface area (Å²) in [5, 5.41) is 7.95. The number of anilines is 1. The van der Waals surface area contributed by atoms with Crippen LogP contribution in [0.15, 0.2) is 10.9 Å². The molecule has 2 rings (SSSR count). The fraction of sp³-hybridized carbons (Fsp3) is 0.500. The first-order chi connectivity index (χ1) is 11.2. The van der Waals surface area contributed by atoms with E-state index in [-0.39, 0.29) is 18.6 Å². The average Bonchev–Trinajstić information content (AvgIpc) is 2.65. The van der Waals surface area contributed by atoms with Gasteiger partial charge in [-0.2, -0.15) is 0 Å². The molecule has 0 saturated carbocycles. The molecule has 1 aromatic heterocycles. The number of hydrogen-bond acceptors (Lipinski definition) is 6. The van der Waals surface area contributed by atoms with Gasteiger partial charge in [-0.15, -0.1) is 0 Å². The Bertz CT molecular complexity index is 726. The standard InChI is InChI=1S/C14H20N6O4/c1-8-6-9(21)18-12(17-8)16-5-4-15-10(22)7-20-11(23)14(2,3)19-13(20)24/h6H,4-5,7H2,1-3H3,(H,15,22)(H,19,24)(H2,16,17,18,21). The van der Waals surface area contributed by atoms with Gasteiger partial charge in [-0.1, -0.05) is 0 Å². The number of nitrogens with one attached hydrogen (secondary N) is 4. The van der Waals surface area contributed by atoms with Crippen LogP contribution in [0.4, 0.5) is 10.7 Å². The van der Waals surface area contributed by atoms with Gasteiger partial charge in [0.1, 0.15) is 12.1 Å². The zero-order valence-electron chi connectivity index (χ0n) is 13.7. The summed E-state index contributed by atoms with van der Waals surface area (Å²) in [5.41, 5.74) is -0.691. The van der Waals surface area contributed by atoms with Crippen molar-refractivity contribution >= 4 is 23.8 Å². The zero-order valence-corrected chi connectivity index (χ0v) is 13.7. The van der Waals surface area contributed by atoms with Gasteiger partial charge in [-0.05, 0) is 20.8 Å². The van der Waals surface area contributed by atoms with Crippen molar-refractivity contribution in [2.75, 3.05) is 25.0 Å². The largest absolute Gasteiger partial charge is 0.354 e. The van der Waals surface area contributed by atoms with Gasteiger partial charge in [-0.25, -0.2) is 9.78 Å². The highest BCUT2D eigenvalue weighted by Gasteiger charge is 2.44. The summed E-state index contributed by atoms with van der Waals surface area (Å²) < 4.78 is 0. The lowest BCUT2D eigenvalue weighted by Gasteiger charge is -2.15. The Morgan fingerprint density at radius 1 is 1.29 bits per heavy atom. The van der Waals surface area contributed by atoms with Gasteiger partial charge in [0.25, 0.3) is 11.5 Å². The number of carbonyl (C=O) groups excluding carboxylic acids is 3. The van der Waals surface area contributed by atoms with E-state index in [9.17, 15) is 19.2 Å². The molecule has 0 spiro atoms. The van der Waals surface area contributed by atoms with Crippen LogP contribution in [0.1, 0.15) is 19.5 Å². The number of nitrogens with zero attached hydrogens (tertiary/aromatic N) is 2. The minimum atomic E-state index is -0.998. The van der Waals surface area contributed by atoms with Crippen LogP contribution in [0.2, 0.25) is 0 Å². The Labute approximate surface area is 138 Å². The molecule has 1 saturated heterocycles. The van der Waals surface area contributed by atoms with Gasteiger partial charge in [0.05, 0.1) is 0 Å². The Morgan fingerprint density at radius 3 is 2.58 bits per heavy atom. The van der Waals surface area contributed by atoms with Crippen molar-refractivity contribution in [2.45, 2.75) is 26.3 Å². The number of imide groups is 1. The van der Waals surface area contributed by atoms with Crippen molar-refractivity contribution < 1.29 is 14.4 Å². The molecular formula is C14H20N6O4. The van der Waals surface area contributed by atoms with Crippen molar-refractivity contribution in [3.05, 3.63) is 22.1 Å². The summed E-state index contributed by atoms with van der Waals surface area (Å²) in [5.74, 6) is -0.587. The summed E-state index contributed by atoms with van der Waals surface area (Å²) in [7, 11) is 0. The first kappa shape index (κ1) is 17.4. The Morgan fingerprint density at radius 2 is 2.00 bits per heavy atom. The summed E-state index contributed by atoms with van der Waals surface area (Å²) in [6.07, 6.45) is 0. The number of hydrogen-bond donors (Lipinski definition) is 4. The van der Waals surface area contributed by atoms with Gasteiger partial charge in [0.15, 0.2) is 0 Å². The number of urea groups is 1. The average molecular weight is 336 g/mol. The zero-order chi connectivity index (χ0) is 17.9. The van der Waals surface area contributed by atoms with E-state index in [0.29, 0.717) is 18.2 Å². The van der Waals surface area contributed by atoms with E-state index >= 15 is 0 Å². The van der Waals surface area contributed by atoms with Crippen molar-refractivity contribution in [3.63, 3.8) is 0 Å². The highest BCUT2D eigenvalue weighted by molar-refractivity contribution is 6.08. The minimum absolute atomic E-state index is 0.240. The molecule has 0 atom stereocenters. The lowest BCUT2D eigenvalue weighted by molar-refractivity contribution is -0.134. The number of H-pyrrole nitrogens is 1. The second-order valence-electron chi connectivity index (χ2n) is 5.96. The molecule has 0 radical (unpaired) electrons. The van der Waals surface area contributed by atoms with E-state index in [1.165, 1.54) is 6.07 Å². The second kappa shape index (κ2) is 6.69. The molecule has 2 heterocycles. The Balaban J connectivity index is 1.77. The molecule has 1 aromatic rings. The number of aromatic nitrogens is 2. The monoisotopic (exact) mass is 336 g/mol. The lowest BCUT2D eigenvalue weighted by atomic mass is 10.1. The molecule has 10 heteroatoms. The molecule has 24 heavy (non-hydrogen) atoms. The fourth-order valence-electron chi connectivity index (χ4n) is 2.21. The maximum absolute atomic E-state index is 12.0. The summed E-state index contributed by atoms with van der Waals surface area (Å²) >= 11 is 0. The van der Waals surface area contributed by atoms with Crippen LogP contribution < -0.4 is 21.5 Å². The molecule has 1 fully saturated rings. The third-order valence-electron chi connectivity index (χ3n) is 3.36. The fourth-order valence-corrected chi connectivity index (χ4v) is 2.21. The molecule has 1 aliphatic heterocycles. The molecule has 0 unspecified atom stereocenters. The molecule has 10 nitrogen and oxygen atoms in total. The van der Waals surface area contributed by atoms with Gasteiger partial charge >= 0.3 is 6.03 Å². The number of rotatable bonds is 6. The molecule has 1 aliphatic rings. The molecule has 0 aromatic carbocycles. The third-order valence-corrected chi connectivity index (χ3v) is 3.36. The predicted molar refractivity (Wildman–Crippen MR) is 85.4 cm³/mol. The quantitative estimate of drug-likeness (QED) is 0.386. The first-order valence-corrected chi connectivity index (χ1v) is 7.42. The molecular weight excluding hydrogens is 316 g/mol. The summed E-state index contributed by atoms with van der Waals surface area (Å²) in [6, 6.07) is 0.784. The Kier molecular flexibility index (Phi) is 4.86. The maximum atomic E-state index is 12.0. The van der Waals surface area contributed by atoms with E-state index < -0.39 is 23.4 Å². The van der Waals surface area contributed by atoms with E-state index in [2.05, 4.69) is 25.9 Å². The molecule has 130 valence electrons. The van der Waals surface area contributed by atoms with Crippen molar-refractivity contribution in [1.29, 1.82) is 0 Å². The first-order valence-electron chi connectivity index (χ1n) is 7.42. The van der Waals surface area contributed by atoms with E-state index in [1.807, 2.05) is 0 Å². The number of aryl methyl sites for hydroxylation is 1. The topological polar surface area (TPSA) is 136 Å². The Hall–Kier alpha value is -2.91. The van der Waals surface area contributed by atoms with Crippen molar-refractivity contribution in [2.24, 2.45) is 0 Å². The number of amides is 4. The highest BCUT2D eigenvalue weighted by Crippen LogP contribution is 2.15. The highest BCUT2D eigenvalue weighted by atomic mass is 16.2. The van der Waals surface area contributed by atoms with Crippen LogP contribution in [0.25, 0.3) is 0 Å². The van der Waals surface area contributed by atoms with Gasteiger partial charge < -0.3 is 16.0 Å². The van der Waals surface area contributed by atoms with Crippen LogP contribution in [-0.2, 0) is 9.59 Å². The van der Waals surface area contributed by atoms with Crippen LogP contribution in [0.5, 0.6) is 0 Å². The predicted octanol–water partition coefficient (Wildman–Crippen LogP) is -1.06. The molecule has 4 N–H and O–H groups in total. The summed E-state index contributed by atoms with van der Waals surface area (Å²) in [6.45, 7) is 5.07. The number of aromatic amines is 1. The second-order valence-corrected chi connectivity index (χ2v) is 5.96. The van der Waals surface area contributed by atoms with Crippen LogP contribution in [0.3, 0.4) is 0 Å². The minimum Gasteiger partial charge on any atom is -0.354 e. The normalized spacial score (nSPS) is 16.0. The van der Waals surface area contributed by atoms with Crippen LogP contribution in [0, 0.1) is 6.92 Å². The third kappa shape index (κ3) is 4.09. The van der Waals surface area contributed by atoms with Gasteiger partial charge in [-0.3, -0.25) is 24.3 Å². The summed E-state index contributed by atoms with van der Waals surface area (Å²) in [4.78, 5) is 54.2. The lowest BCUT2D eigenvalue weighted by Crippen LogP contribution is -2.43. The van der Waals surface area contributed by atoms with Crippen LogP contribution in [-0.4, -0.2) is 57.9 Å². The SMILES string of the molecule is Cc1cc(=O)[nH]c(NCCNC(=O)CN2C(=O)NC(C)(C)C2=O)n1. The van der Waals surface area contributed by atoms with E-state index in [4.69, 9.17) is 0 Å². The van der Waals surface area contributed by atoms with Crippen molar-refractivity contribution in [3.8, 4) is 0 Å². The van der Waals surface area contributed by atoms with E-state index in [0.717, 1.165) is 4.90 Å². The maximum Gasteiger partial charge on any atom is 0.325 e. The molecule has 0 aliphatic carbocycles. The molecule has 4 amide bonds. The van der Waals surface area contributed by atoms with Crippen LogP contribution >= 0.6 is 0 Å². The van der Waals surface area contributed by atoms with Crippen molar-refractivity contribution in [1.82, 2.24) is 25.5 Å². The smallest absolute Gasteiger partial charge is 0.325 e. The van der Waals surface area contributed by atoms with Gasteiger partial charge in [0.2, 0.25) is 11.9 Å². The van der Waals surface area contributed by atoms with E-state index in [1.54, 1.807) is 20.8 Å². The molecule has 0 bridgehead atoms. The van der Waals surface area contributed by atoms with Gasteiger partial charge in [0, 0.05) is 24.8 Å².